The topological polar surface area (TPSA) is 36.0 Å². The molecule has 2 rings (SSSR count). The van der Waals surface area contributed by atoms with Crippen LogP contribution in [0.15, 0.2) is 12.1 Å². The fourth-order valence-corrected chi connectivity index (χ4v) is 2.81. The first-order valence-corrected chi connectivity index (χ1v) is 7.77. The molecule has 1 atom stereocenters. The van der Waals surface area contributed by atoms with E-state index in [1.54, 1.807) is 13.8 Å². The van der Waals surface area contributed by atoms with Crippen LogP contribution >= 0.6 is 34.8 Å². The van der Waals surface area contributed by atoms with Crippen molar-refractivity contribution in [2.75, 3.05) is 12.1 Å². The van der Waals surface area contributed by atoms with E-state index in [1.807, 2.05) is 0 Å². The number of urea groups is 1. The van der Waals surface area contributed by atoms with E-state index in [0.717, 1.165) is 4.90 Å². The Hall–Kier alpha value is -1.02. The van der Waals surface area contributed by atoms with Gasteiger partial charge in [-0.3, -0.25) is 4.90 Å². The Labute approximate surface area is 147 Å². The first-order chi connectivity index (χ1) is 10.6. The molecular formula is C13H14Cl3F2N3O2. The molecule has 2 amide bonds. The molecule has 0 bridgehead atoms. The fraction of sp³-hybridized carbons (Fsp3) is 0.462. The molecule has 0 spiro atoms. The van der Waals surface area contributed by atoms with Crippen molar-refractivity contribution >= 4 is 46.5 Å². The van der Waals surface area contributed by atoms with Gasteiger partial charge in [0.2, 0.25) is 0 Å². The zero-order valence-electron chi connectivity index (χ0n) is 12.4. The Bertz CT molecular complexity index is 618. The maximum absolute atomic E-state index is 13.3. The van der Waals surface area contributed by atoms with Crippen LogP contribution in [0.4, 0.5) is 19.3 Å². The summed E-state index contributed by atoms with van der Waals surface area (Å²) in [7, 11) is 1.31. The summed E-state index contributed by atoms with van der Waals surface area (Å²) in [5, 5.41) is 1.36. The number of carbonyl (C=O) groups is 1. The van der Waals surface area contributed by atoms with Crippen molar-refractivity contribution in [3.63, 3.8) is 0 Å². The van der Waals surface area contributed by atoms with Crippen LogP contribution in [0.3, 0.4) is 0 Å². The lowest BCUT2D eigenvalue weighted by Crippen LogP contribution is -2.44. The zero-order valence-corrected chi connectivity index (χ0v) is 14.7. The molecule has 1 saturated heterocycles. The van der Waals surface area contributed by atoms with Gasteiger partial charge in [-0.15, -0.1) is 5.01 Å². The Morgan fingerprint density at radius 3 is 2.35 bits per heavy atom. The van der Waals surface area contributed by atoms with Gasteiger partial charge in [-0.2, -0.15) is 8.78 Å². The van der Waals surface area contributed by atoms with E-state index < -0.39 is 18.2 Å². The highest BCUT2D eigenvalue weighted by molar-refractivity contribution is 6.37. The number of hydrazine groups is 1. The molecule has 1 aliphatic rings. The SMILES string of the molecule is CC(C)Oc1cc(N2C(=O)N(C)C(Cl)N2C(F)F)c(Cl)cc1Cl. The molecule has 0 aliphatic carbocycles. The number of ether oxygens (including phenoxy) is 1. The normalized spacial score (nSPS) is 19.4. The van der Waals surface area contributed by atoms with Crippen molar-refractivity contribution in [1.29, 1.82) is 0 Å². The van der Waals surface area contributed by atoms with Crippen LogP contribution in [0.1, 0.15) is 13.8 Å². The predicted molar refractivity (Wildman–Crippen MR) is 85.3 cm³/mol. The van der Waals surface area contributed by atoms with Crippen LogP contribution in [0.5, 0.6) is 5.75 Å². The number of anilines is 1. The quantitative estimate of drug-likeness (QED) is 0.558. The number of amides is 2. The third-order valence-electron chi connectivity index (χ3n) is 3.04. The van der Waals surface area contributed by atoms with Crippen LogP contribution in [-0.2, 0) is 0 Å². The number of alkyl halides is 3. The predicted octanol–water partition coefficient (Wildman–Crippen LogP) is 4.61. The zero-order chi connectivity index (χ0) is 17.5. The Morgan fingerprint density at radius 2 is 1.83 bits per heavy atom. The van der Waals surface area contributed by atoms with Gasteiger partial charge in [-0.25, -0.2) is 9.80 Å². The second-order valence-electron chi connectivity index (χ2n) is 5.07. The monoisotopic (exact) mass is 387 g/mol. The second-order valence-corrected chi connectivity index (χ2v) is 6.28. The lowest BCUT2D eigenvalue weighted by Gasteiger charge is -2.28. The molecule has 1 aromatic carbocycles. The van der Waals surface area contributed by atoms with Crippen LogP contribution in [0, 0.1) is 0 Å². The summed E-state index contributed by atoms with van der Waals surface area (Å²) in [5.41, 5.74) is -1.34. The van der Waals surface area contributed by atoms with Crippen LogP contribution in [0.2, 0.25) is 10.0 Å². The van der Waals surface area contributed by atoms with E-state index in [-0.39, 0.29) is 27.6 Å². The summed E-state index contributed by atoms with van der Waals surface area (Å²) in [4.78, 5) is 13.2. The first-order valence-electron chi connectivity index (χ1n) is 6.58. The lowest BCUT2D eigenvalue weighted by molar-refractivity contribution is -0.0374. The summed E-state index contributed by atoms with van der Waals surface area (Å²) >= 11 is 18.0. The van der Waals surface area contributed by atoms with Crippen molar-refractivity contribution in [1.82, 2.24) is 9.91 Å². The maximum atomic E-state index is 13.3. The summed E-state index contributed by atoms with van der Waals surface area (Å²) in [5.74, 6) is 0.226. The number of hydrogen-bond acceptors (Lipinski definition) is 3. The number of hydrogen-bond donors (Lipinski definition) is 0. The lowest BCUT2D eigenvalue weighted by atomic mass is 10.3. The largest absolute Gasteiger partial charge is 0.489 e. The molecule has 0 N–H and O–H groups in total. The van der Waals surface area contributed by atoms with Crippen molar-refractivity contribution in [2.45, 2.75) is 32.1 Å². The van der Waals surface area contributed by atoms with Gasteiger partial charge in [0.15, 0.2) is 5.62 Å². The number of carbonyl (C=O) groups excluding carboxylic acids is 1. The van der Waals surface area contributed by atoms with Gasteiger partial charge in [0.05, 0.1) is 21.8 Å². The smallest absolute Gasteiger partial charge is 0.341 e. The summed E-state index contributed by atoms with van der Waals surface area (Å²) in [6, 6.07) is 1.92. The third kappa shape index (κ3) is 3.42. The minimum absolute atomic E-state index is 0.00650. The Balaban J connectivity index is 2.52. The van der Waals surface area contributed by atoms with E-state index in [1.165, 1.54) is 19.2 Å². The van der Waals surface area contributed by atoms with Gasteiger partial charge in [0.25, 0.3) is 0 Å². The molecule has 1 aromatic rings. The summed E-state index contributed by atoms with van der Waals surface area (Å²) in [6.07, 6.45) is -0.203. The summed E-state index contributed by atoms with van der Waals surface area (Å²) < 4.78 is 32.1. The highest BCUT2D eigenvalue weighted by atomic mass is 35.5. The molecule has 1 aliphatic heterocycles. The van der Waals surface area contributed by atoms with Gasteiger partial charge in [0.1, 0.15) is 5.75 Å². The van der Waals surface area contributed by atoms with Gasteiger partial charge in [-0.1, -0.05) is 34.8 Å². The highest BCUT2D eigenvalue weighted by Crippen LogP contribution is 2.41. The molecule has 1 heterocycles. The van der Waals surface area contributed by atoms with E-state index in [0.29, 0.717) is 10.0 Å². The molecule has 0 radical (unpaired) electrons. The molecule has 23 heavy (non-hydrogen) atoms. The van der Waals surface area contributed by atoms with E-state index in [2.05, 4.69) is 0 Å². The maximum Gasteiger partial charge on any atom is 0.341 e. The van der Waals surface area contributed by atoms with Gasteiger partial charge in [0, 0.05) is 13.1 Å². The minimum atomic E-state index is -3.01. The van der Waals surface area contributed by atoms with Crippen molar-refractivity contribution in [2.24, 2.45) is 0 Å². The molecule has 1 fully saturated rings. The molecule has 0 saturated carbocycles. The van der Waals surface area contributed by atoms with Crippen LogP contribution < -0.4 is 9.75 Å². The van der Waals surface area contributed by atoms with Gasteiger partial charge >= 0.3 is 12.6 Å². The molecule has 1 unspecified atom stereocenters. The van der Waals surface area contributed by atoms with Crippen LogP contribution in [0.25, 0.3) is 0 Å². The minimum Gasteiger partial charge on any atom is -0.489 e. The second kappa shape index (κ2) is 6.84. The highest BCUT2D eigenvalue weighted by Gasteiger charge is 2.47. The van der Waals surface area contributed by atoms with Crippen LogP contribution in [-0.4, -0.2) is 41.3 Å². The van der Waals surface area contributed by atoms with Crippen molar-refractivity contribution < 1.29 is 18.3 Å². The number of rotatable bonds is 4. The Kier molecular flexibility index (Phi) is 5.45. The number of benzene rings is 1. The molecule has 10 heteroatoms. The average Bonchev–Trinajstić information content (AvgIpc) is 2.66. The van der Waals surface area contributed by atoms with Gasteiger partial charge < -0.3 is 4.74 Å². The molecule has 128 valence electrons. The van der Waals surface area contributed by atoms with E-state index in [4.69, 9.17) is 39.5 Å². The van der Waals surface area contributed by atoms with Gasteiger partial charge in [-0.05, 0) is 19.9 Å². The number of halogens is 5. The summed E-state index contributed by atoms with van der Waals surface area (Å²) in [6.45, 7) is 0.548. The average molecular weight is 389 g/mol. The van der Waals surface area contributed by atoms with Crippen molar-refractivity contribution in [3.8, 4) is 5.75 Å². The number of nitrogens with zero attached hydrogens (tertiary/aromatic N) is 3. The first kappa shape index (κ1) is 18.3. The standard InChI is InChI=1S/C13H14Cl3F2N3O2/c1-6(2)23-10-5-9(7(14)4-8(10)15)20-13(22)19(3)11(16)21(20)12(17)18/h4-6,11-12H,1-3H3. The molecule has 5 nitrogen and oxygen atoms in total. The molecular weight excluding hydrogens is 375 g/mol. The van der Waals surface area contributed by atoms with Crippen molar-refractivity contribution in [3.05, 3.63) is 22.2 Å². The molecule has 0 aromatic heterocycles. The Morgan fingerprint density at radius 1 is 1.22 bits per heavy atom. The fourth-order valence-electron chi connectivity index (χ4n) is 2.04. The van der Waals surface area contributed by atoms with E-state index in [9.17, 15) is 13.6 Å². The third-order valence-corrected chi connectivity index (χ3v) is 4.13. The van der Waals surface area contributed by atoms with E-state index >= 15 is 0 Å².